The zero-order valence-electron chi connectivity index (χ0n) is 13.0. The number of aromatic nitrogens is 3. The van der Waals surface area contributed by atoms with Crippen molar-refractivity contribution in [2.45, 2.75) is 25.3 Å². The van der Waals surface area contributed by atoms with Crippen LogP contribution in [0.4, 0.5) is 6.01 Å². The van der Waals surface area contributed by atoms with Crippen LogP contribution >= 0.6 is 0 Å². The van der Waals surface area contributed by atoms with E-state index in [1.54, 1.807) is 13.2 Å². The number of rotatable bonds is 4. The van der Waals surface area contributed by atoms with Gasteiger partial charge in [-0.15, -0.1) is 0 Å². The molecule has 1 aromatic carbocycles. The zero-order valence-corrected chi connectivity index (χ0v) is 13.0. The van der Waals surface area contributed by atoms with E-state index in [0.717, 1.165) is 23.2 Å². The van der Waals surface area contributed by atoms with Gasteiger partial charge in [0.05, 0.1) is 7.11 Å². The van der Waals surface area contributed by atoms with Gasteiger partial charge in [0.15, 0.2) is 11.3 Å². The van der Waals surface area contributed by atoms with Gasteiger partial charge in [0, 0.05) is 29.8 Å². The monoisotopic (exact) mass is 328 g/mol. The minimum atomic E-state index is -0.994. The van der Waals surface area contributed by atoms with E-state index in [2.05, 4.69) is 20.5 Å². The Kier molecular flexibility index (Phi) is 3.37. The van der Waals surface area contributed by atoms with E-state index in [1.165, 1.54) is 0 Å². The van der Waals surface area contributed by atoms with Crippen LogP contribution in [-0.2, 0) is 12.8 Å². The maximum Gasteiger partial charge on any atom is 0.356 e. The molecule has 0 fully saturated rings. The Bertz CT molecular complexity index is 914. The number of carboxylic acid groups (broad SMARTS) is 1. The first-order valence-corrected chi connectivity index (χ1v) is 7.64. The number of aromatic carboxylic acids is 1. The highest BCUT2D eigenvalue weighted by molar-refractivity contribution is 5.87. The fraction of sp³-hybridized carbons (Fsp3) is 0.312. The first-order valence-electron chi connectivity index (χ1n) is 7.64. The Morgan fingerprint density at radius 1 is 1.50 bits per heavy atom. The van der Waals surface area contributed by atoms with Crippen LogP contribution in [0.1, 0.15) is 28.2 Å². The molecule has 2 heterocycles. The van der Waals surface area contributed by atoms with E-state index < -0.39 is 5.97 Å². The number of aromatic amines is 1. The molecule has 0 saturated heterocycles. The van der Waals surface area contributed by atoms with Crippen LogP contribution in [0.2, 0.25) is 0 Å². The molecule has 2 aromatic heterocycles. The first kappa shape index (κ1) is 14.6. The molecule has 0 amide bonds. The molecule has 1 atom stereocenters. The Morgan fingerprint density at radius 3 is 3.17 bits per heavy atom. The lowest BCUT2D eigenvalue weighted by atomic mass is 9.92. The molecule has 8 nitrogen and oxygen atoms in total. The van der Waals surface area contributed by atoms with Crippen molar-refractivity contribution in [1.29, 1.82) is 0 Å². The third-order valence-corrected chi connectivity index (χ3v) is 4.27. The summed E-state index contributed by atoms with van der Waals surface area (Å²) in [6.07, 6.45) is 2.09. The molecule has 1 aliphatic rings. The number of hydrogen-bond donors (Lipinski definition) is 3. The molecule has 3 N–H and O–H groups in total. The Hall–Kier alpha value is -3.03. The number of oxazole rings is 1. The largest absolute Gasteiger partial charge is 0.497 e. The number of H-pyrrole nitrogens is 1. The van der Waals surface area contributed by atoms with Crippen molar-refractivity contribution in [3.63, 3.8) is 0 Å². The second-order valence-electron chi connectivity index (χ2n) is 5.77. The average molecular weight is 328 g/mol. The Labute approximate surface area is 136 Å². The number of ether oxygens (including phenoxy) is 1. The zero-order chi connectivity index (χ0) is 16.7. The number of anilines is 1. The quantitative estimate of drug-likeness (QED) is 0.673. The number of nitrogens with one attached hydrogen (secondary N) is 2. The van der Waals surface area contributed by atoms with Gasteiger partial charge >= 0.3 is 5.97 Å². The van der Waals surface area contributed by atoms with E-state index in [9.17, 15) is 4.79 Å². The van der Waals surface area contributed by atoms with Gasteiger partial charge in [-0.25, -0.2) is 4.79 Å². The highest BCUT2D eigenvalue weighted by Crippen LogP contribution is 2.27. The number of carboxylic acids is 1. The predicted octanol–water partition coefficient (Wildman–Crippen LogP) is 2.23. The van der Waals surface area contributed by atoms with Crippen LogP contribution in [0.25, 0.3) is 11.1 Å². The maximum absolute atomic E-state index is 11.1. The van der Waals surface area contributed by atoms with Crippen LogP contribution in [0.5, 0.6) is 5.75 Å². The predicted molar refractivity (Wildman–Crippen MR) is 85.5 cm³/mol. The maximum atomic E-state index is 11.1. The van der Waals surface area contributed by atoms with Crippen molar-refractivity contribution in [2.75, 3.05) is 12.4 Å². The molecule has 0 bridgehead atoms. The van der Waals surface area contributed by atoms with Crippen molar-refractivity contribution >= 4 is 23.1 Å². The van der Waals surface area contributed by atoms with E-state index in [1.807, 2.05) is 12.1 Å². The number of carbonyl (C=O) groups is 1. The lowest BCUT2D eigenvalue weighted by Crippen LogP contribution is -2.27. The summed E-state index contributed by atoms with van der Waals surface area (Å²) >= 11 is 0. The normalized spacial score (nSPS) is 16.8. The van der Waals surface area contributed by atoms with Gasteiger partial charge < -0.3 is 19.6 Å². The molecule has 0 aliphatic heterocycles. The molecule has 8 heteroatoms. The smallest absolute Gasteiger partial charge is 0.356 e. The number of nitrogens with zero attached hydrogens (tertiary/aromatic N) is 2. The standard InChI is InChI=1S/C16H16N4O4/c1-23-9-3-5-11-13(7-9)24-16(18-11)17-8-2-4-10-12(6-8)19-20-14(10)15(21)22/h3,5,7-8H,2,4,6H2,1H3,(H,17,18)(H,19,20)(H,21,22). The molecule has 0 spiro atoms. The fourth-order valence-corrected chi connectivity index (χ4v) is 3.07. The lowest BCUT2D eigenvalue weighted by Gasteiger charge is -2.22. The van der Waals surface area contributed by atoms with Crippen molar-refractivity contribution in [3.05, 3.63) is 35.2 Å². The minimum absolute atomic E-state index is 0.106. The van der Waals surface area contributed by atoms with Crippen LogP contribution < -0.4 is 10.1 Å². The number of fused-ring (bicyclic) bond motifs is 2. The van der Waals surface area contributed by atoms with Crippen LogP contribution in [0.3, 0.4) is 0 Å². The molecule has 1 unspecified atom stereocenters. The minimum Gasteiger partial charge on any atom is -0.497 e. The second kappa shape index (κ2) is 5.55. The lowest BCUT2D eigenvalue weighted by molar-refractivity contribution is 0.0689. The summed E-state index contributed by atoms with van der Waals surface area (Å²) in [6.45, 7) is 0. The van der Waals surface area contributed by atoms with E-state index >= 15 is 0 Å². The van der Waals surface area contributed by atoms with Crippen molar-refractivity contribution in [2.24, 2.45) is 0 Å². The topological polar surface area (TPSA) is 113 Å². The average Bonchev–Trinajstić information content (AvgIpc) is 3.16. The van der Waals surface area contributed by atoms with E-state index in [0.29, 0.717) is 30.2 Å². The van der Waals surface area contributed by atoms with Crippen LogP contribution in [0.15, 0.2) is 22.6 Å². The summed E-state index contributed by atoms with van der Waals surface area (Å²) in [4.78, 5) is 15.5. The summed E-state index contributed by atoms with van der Waals surface area (Å²) in [5.41, 5.74) is 3.18. The van der Waals surface area contributed by atoms with Crippen LogP contribution in [-0.4, -0.2) is 39.4 Å². The number of hydrogen-bond acceptors (Lipinski definition) is 6. The molecule has 3 aromatic rings. The summed E-state index contributed by atoms with van der Waals surface area (Å²) < 4.78 is 10.9. The van der Waals surface area contributed by atoms with Gasteiger partial charge in [-0.05, 0) is 25.0 Å². The first-order chi connectivity index (χ1) is 11.6. The van der Waals surface area contributed by atoms with Crippen molar-refractivity contribution in [3.8, 4) is 5.75 Å². The summed E-state index contributed by atoms with van der Waals surface area (Å²) in [6, 6.07) is 6.02. The summed E-state index contributed by atoms with van der Waals surface area (Å²) in [5, 5.41) is 19.1. The van der Waals surface area contributed by atoms with Crippen molar-refractivity contribution < 1.29 is 19.1 Å². The third kappa shape index (κ3) is 2.45. The fourth-order valence-electron chi connectivity index (χ4n) is 3.07. The molecular formula is C16H16N4O4. The molecule has 124 valence electrons. The second-order valence-corrected chi connectivity index (χ2v) is 5.77. The van der Waals surface area contributed by atoms with Gasteiger partial charge in [-0.3, -0.25) is 5.10 Å². The van der Waals surface area contributed by atoms with Gasteiger partial charge in [0.25, 0.3) is 6.01 Å². The van der Waals surface area contributed by atoms with Gasteiger partial charge in [0.1, 0.15) is 11.3 Å². The van der Waals surface area contributed by atoms with Crippen molar-refractivity contribution in [1.82, 2.24) is 15.2 Å². The van der Waals surface area contributed by atoms with Gasteiger partial charge in [0.2, 0.25) is 0 Å². The molecule has 0 saturated carbocycles. The highest BCUT2D eigenvalue weighted by atomic mass is 16.5. The number of methoxy groups -OCH3 is 1. The number of benzene rings is 1. The third-order valence-electron chi connectivity index (χ3n) is 4.27. The Morgan fingerprint density at radius 2 is 2.38 bits per heavy atom. The highest BCUT2D eigenvalue weighted by Gasteiger charge is 2.26. The molecular weight excluding hydrogens is 312 g/mol. The van der Waals surface area contributed by atoms with E-state index in [-0.39, 0.29) is 11.7 Å². The van der Waals surface area contributed by atoms with Gasteiger partial charge in [-0.1, -0.05) is 0 Å². The molecule has 24 heavy (non-hydrogen) atoms. The molecule has 0 radical (unpaired) electrons. The van der Waals surface area contributed by atoms with Gasteiger partial charge in [-0.2, -0.15) is 10.1 Å². The molecule has 4 rings (SSSR count). The summed E-state index contributed by atoms with van der Waals surface area (Å²) in [7, 11) is 1.60. The van der Waals surface area contributed by atoms with E-state index in [4.69, 9.17) is 14.3 Å². The Balaban J connectivity index is 1.52. The SMILES string of the molecule is COc1ccc2nc(NC3CCc4c(C(=O)O)n[nH]c4C3)oc2c1. The van der Waals surface area contributed by atoms with Crippen LogP contribution in [0, 0.1) is 0 Å². The molecule has 1 aliphatic carbocycles. The summed E-state index contributed by atoms with van der Waals surface area (Å²) in [5.74, 6) is -0.280.